The van der Waals surface area contributed by atoms with Crippen molar-refractivity contribution in [3.8, 4) is 0 Å². The largest absolute Gasteiger partial charge is 0.444 e. The molecule has 42 heavy (non-hydrogen) atoms. The molecule has 2 aromatic carbocycles. The van der Waals surface area contributed by atoms with E-state index in [0.717, 1.165) is 67.2 Å². The van der Waals surface area contributed by atoms with Crippen molar-refractivity contribution in [2.24, 2.45) is 0 Å². The Morgan fingerprint density at radius 1 is 0.857 bits per heavy atom. The molecule has 7 heteroatoms. The van der Waals surface area contributed by atoms with E-state index in [4.69, 9.17) is 4.74 Å². The van der Waals surface area contributed by atoms with Gasteiger partial charge >= 0.3 is 6.09 Å². The van der Waals surface area contributed by atoms with Crippen LogP contribution < -0.4 is 10.6 Å². The Morgan fingerprint density at radius 2 is 1.52 bits per heavy atom. The van der Waals surface area contributed by atoms with Gasteiger partial charge in [-0.15, -0.1) is 0 Å². The van der Waals surface area contributed by atoms with Crippen molar-refractivity contribution >= 4 is 17.9 Å². The number of unbranched alkanes of at least 4 members (excludes halogenated alkanes) is 5. The first-order valence-electron chi connectivity index (χ1n) is 15.7. The number of aryl methyl sites for hydroxylation is 1. The number of carbonyl (C=O) groups excluding carboxylic acids is 3. The van der Waals surface area contributed by atoms with E-state index in [0.29, 0.717) is 13.1 Å². The van der Waals surface area contributed by atoms with E-state index in [1.54, 1.807) is 25.7 Å². The molecule has 2 unspecified atom stereocenters. The van der Waals surface area contributed by atoms with Gasteiger partial charge in [0.05, 0.1) is 0 Å². The second-order valence-corrected chi connectivity index (χ2v) is 12.2. The molecule has 0 fully saturated rings. The number of benzene rings is 2. The van der Waals surface area contributed by atoms with Gasteiger partial charge in [0.25, 0.3) is 0 Å². The summed E-state index contributed by atoms with van der Waals surface area (Å²) in [6.45, 7) is 14.6. The quantitative estimate of drug-likeness (QED) is 0.206. The minimum atomic E-state index is -0.908. The van der Waals surface area contributed by atoms with E-state index in [9.17, 15) is 14.4 Å². The molecular weight excluding hydrogens is 526 g/mol. The Hall–Kier alpha value is -3.35. The lowest BCUT2D eigenvalue weighted by atomic mass is 9.94. The van der Waals surface area contributed by atoms with Crippen molar-refractivity contribution in [1.82, 2.24) is 15.5 Å². The van der Waals surface area contributed by atoms with Gasteiger partial charge in [-0.3, -0.25) is 9.59 Å². The Balaban J connectivity index is 2.56. The third kappa shape index (κ3) is 11.5. The second-order valence-electron chi connectivity index (χ2n) is 12.2. The lowest BCUT2D eigenvalue weighted by molar-refractivity contribution is -0.142. The molecule has 2 atom stereocenters. The number of hydrogen-bond acceptors (Lipinski definition) is 4. The molecule has 0 saturated carbocycles. The van der Waals surface area contributed by atoms with Crippen LogP contribution in [-0.2, 0) is 20.7 Å². The van der Waals surface area contributed by atoms with Crippen LogP contribution in [0.2, 0.25) is 0 Å². The van der Waals surface area contributed by atoms with Gasteiger partial charge in [0.1, 0.15) is 17.7 Å². The second kappa shape index (κ2) is 17.6. The number of carbonyl (C=O) groups is 3. The van der Waals surface area contributed by atoms with Crippen molar-refractivity contribution in [3.05, 3.63) is 70.8 Å². The molecule has 0 aliphatic heterocycles. The fraction of sp³-hybridized carbons (Fsp3) is 0.571. The van der Waals surface area contributed by atoms with Gasteiger partial charge < -0.3 is 20.3 Å². The third-order valence-corrected chi connectivity index (χ3v) is 7.39. The van der Waals surface area contributed by atoms with E-state index in [2.05, 4.69) is 24.5 Å². The zero-order chi connectivity index (χ0) is 31.1. The molecule has 0 aliphatic carbocycles. The number of amides is 3. The molecule has 0 heterocycles. The van der Waals surface area contributed by atoms with Crippen molar-refractivity contribution in [3.63, 3.8) is 0 Å². The van der Waals surface area contributed by atoms with Crippen LogP contribution in [0.15, 0.2) is 48.5 Å². The van der Waals surface area contributed by atoms with Gasteiger partial charge in [0, 0.05) is 19.5 Å². The number of rotatable bonds is 16. The zero-order valence-electron chi connectivity index (χ0n) is 26.9. The summed E-state index contributed by atoms with van der Waals surface area (Å²) in [5.74, 6) is -0.494. The average molecular weight is 580 g/mol. The highest BCUT2D eigenvalue weighted by molar-refractivity contribution is 5.92. The maximum Gasteiger partial charge on any atom is 0.408 e. The van der Waals surface area contributed by atoms with E-state index in [1.807, 2.05) is 62.4 Å². The lowest BCUT2D eigenvalue weighted by Crippen LogP contribution is -2.54. The lowest BCUT2D eigenvalue weighted by Gasteiger charge is -2.35. The Labute approximate surface area is 253 Å². The third-order valence-electron chi connectivity index (χ3n) is 7.39. The zero-order valence-corrected chi connectivity index (χ0v) is 26.9. The van der Waals surface area contributed by atoms with Gasteiger partial charge in [-0.25, -0.2) is 4.79 Å². The monoisotopic (exact) mass is 579 g/mol. The van der Waals surface area contributed by atoms with Crippen molar-refractivity contribution < 1.29 is 19.1 Å². The van der Waals surface area contributed by atoms with Crippen LogP contribution >= 0.6 is 0 Å². The molecule has 0 spiro atoms. The SMILES string of the molecule is CCCCCCCN(C(=O)C(Cc1ccccc1)NC(=O)OC(C)(C)C)C(C(=O)NCCCC)c1cccc(C)c1C. The van der Waals surface area contributed by atoms with Crippen LogP contribution in [-0.4, -0.2) is 47.5 Å². The summed E-state index contributed by atoms with van der Waals surface area (Å²) in [7, 11) is 0. The first-order chi connectivity index (χ1) is 20.0. The standard InChI is InChI=1S/C35H53N3O4/c1-8-10-12-13-17-24-38(31(32(39)36-23-11-9-2)29-22-18-19-26(3)27(29)4)33(40)30(25-28-20-15-14-16-21-28)37-34(41)42-35(5,6)7/h14-16,18-22,30-31H,8-13,17,23-25H2,1-7H3,(H,36,39)(H,37,41). The van der Waals surface area contributed by atoms with E-state index < -0.39 is 23.8 Å². The minimum Gasteiger partial charge on any atom is -0.444 e. The van der Waals surface area contributed by atoms with Crippen LogP contribution in [0.4, 0.5) is 4.79 Å². The molecule has 2 rings (SSSR count). The predicted molar refractivity (Wildman–Crippen MR) is 170 cm³/mol. The van der Waals surface area contributed by atoms with Crippen LogP contribution in [0, 0.1) is 13.8 Å². The molecule has 0 saturated heterocycles. The number of alkyl carbamates (subject to hydrolysis) is 1. The maximum absolute atomic E-state index is 14.6. The summed E-state index contributed by atoms with van der Waals surface area (Å²) >= 11 is 0. The number of hydrogen-bond donors (Lipinski definition) is 2. The molecule has 2 N–H and O–H groups in total. The van der Waals surface area contributed by atoms with E-state index in [1.165, 1.54) is 0 Å². The molecule has 232 valence electrons. The van der Waals surface area contributed by atoms with Crippen molar-refractivity contribution in [2.75, 3.05) is 13.1 Å². The van der Waals surface area contributed by atoms with Crippen LogP contribution in [0.1, 0.15) is 108 Å². The normalized spacial score (nSPS) is 12.7. The molecule has 2 aromatic rings. The summed E-state index contributed by atoms with van der Waals surface area (Å²) in [5.41, 5.74) is 3.04. The fourth-order valence-electron chi connectivity index (χ4n) is 4.96. The summed E-state index contributed by atoms with van der Waals surface area (Å²) in [5, 5.41) is 5.94. The topological polar surface area (TPSA) is 87.7 Å². The van der Waals surface area contributed by atoms with Gasteiger partial charge in [-0.2, -0.15) is 0 Å². The molecule has 0 aromatic heterocycles. The van der Waals surface area contributed by atoms with Gasteiger partial charge in [-0.1, -0.05) is 94.5 Å². The average Bonchev–Trinajstić information content (AvgIpc) is 2.93. The Kier molecular flexibility index (Phi) is 14.6. The van der Waals surface area contributed by atoms with Gasteiger partial charge in [-0.05, 0) is 69.7 Å². The number of nitrogens with zero attached hydrogens (tertiary/aromatic N) is 1. The highest BCUT2D eigenvalue weighted by Crippen LogP contribution is 2.28. The molecule has 0 aliphatic rings. The van der Waals surface area contributed by atoms with E-state index >= 15 is 0 Å². The predicted octanol–water partition coefficient (Wildman–Crippen LogP) is 7.20. The minimum absolute atomic E-state index is 0.199. The highest BCUT2D eigenvalue weighted by atomic mass is 16.6. The highest BCUT2D eigenvalue weighted by Gasteiger charge is 2.37. The van der Waals surface area contributed by atoms with Gasteiger partial charge in [0.15, 0.2) is 0 Å². The molecule has 3 amide bonds. The first kappa shape index (κ1) is 34.8. The number of nitrogens with one attached hydrogen (secondary N) is 2. The molecule has 7 nitrogen and oxygen atoms in total. The smallest absolute Gasteiger partial charge is 0.408 e. The van der Waals surface area contributed by atoms with Crippen LogP contribution in [0.25, 0.3) is 0 Å². The van der Waals surface area contributed by atoms with Crippen molar-refractivity contribution in [2.45, 2.75) is 118 Å². The molecule has 0 bridgehead atoms. The number of ether oxygens (including phenoxy) is 1. The summed E-state index contributed by atoms with van der Waals surface area (Å²) < 4.78 is 5.55. The molecular formula is C35H53N3O4. The van der Waals surface area contributed by atoms with Gasteiger partial charge in [0.2, 0.25) is 11.8 Å². The molecule has 0 radical (unpaired) electrons. The van der Waals surface area contributed by atoms with Crippen LogP contribution in [0.5, 0.6) is 0 Å². The first-order valence-corrected chi connectivity index (χ1v) is 15.7. The summed E-state index contributed by atoms with van der Waals surface area (Å²) in [4.78, 5) is 43.2. The summed E-state index contributed by atoms with van der Waals surface area (Å²) in [6, 6.07) is 13.8. The Bertz CT molecular complexity index is 1130. The van der Waals surface area contributed by atoms with Crippen LogP contribution in [0.3, 0.4) is 0 Å². The van der Waals surface area contributed by atoms with Crippen molar-refractivity contribution in [1.29, 1.82) is 0 Å². The summed E-state index contributed by atoms with van der Waals surface area (Å²) in [6.07, 6.45) is 6.46. The Morgan fingerprint density at radius 3 is 2.17 bits per heavy atom. The maximum atomic E-state index is 14.6. The fourth-order valence-corrected chi connectivity index (χ4v) is 4.96. The van der Waals surface area contributed by atoms with E-state index in [-0.39, 0.29) is 18.2 Å².